The van der Waals surface area contributed by atoms with Gasteiger partial charge in [0.1, 0.15) is 0 Å². The molecule has 0 N–H and O–H groups in total. The molecular weight excluding hydrogens is 174 g/mol. The van der Waals surface area contributed by atoms with E-state index in [2.05, 4.69) is 29.0 Å². The summed E-state index contributed by atoms with van der Waals surface area (Å²) in [5.74, 6) is 0. The molecule has 4 heteroatoms. The topological polar surface area (TPSA) is 21.7 Å². The third kappa shape index (κ3) is 4.98. The first-order valence-electron chi connectivity index (χ1n) is 4.39. The molecule has 0 spiro atoms. The molecule has 0 aromatic carbocycles. The summed E-state index contributed by atoms with van der Waals surface area (Å²) in [6.07, 6.45) is 0.205. The number of rotatable bonds is 2. The quantitative estimate of drug-likeness (QED) is 0.526. The van der Waals surface area contributed by atoms with Gasteiger partial charge in [0.05, 0.1) is 19.3 Å². The molecule has 0 amide bonds. The van der Waals surface area contributed by atoms with Crippen LogP contribution in [0.5, 0.6) is 0 Å². The molecule has 0 aromatic rings. The molecule has 1 fully saturated rings. The summed E-state index contributed by atoms with van der Waals surface area (Å²) in [6.45, 7) is 7.34. The van der Waals surface area contributed by atoms with Crippen molar-refractivity contribution in [2.24, 2.45) is 0 Å². The molecular formula is C8H19NO2S. The van der Waals surface area contributed by atoms with Gasteiger partial charge in [0.25, 0.3) is 0 Å². The molecule has 1 atom stereocenters. The maximum Gasteiger partial charge on any atom is 0.0948 e. The predicted molar refractivity (Wildman–Crippen MR) is 53.5 cm³/mol. The van der Waals surface area contributed by atoms with Crippen molar-refractivity contribution in [2.75, 3.05) is 33.4 Å². The first kappa shape index (κ1) is 12.2. The van der Waals surface area contributed by atoms with Crippen molar-refractivity contribution >= 4 is 12.9 Å². The molecule has 74 valence electrons. The monoisotopic (exact) mass is 193 g/mol. The third-order valence-electron chi connectivity index (χ3n) is 1.60. The molecule has 1 aliphatic heterocycles. The number of thiol groups is 1. The van der Waals surface area contributed by atoms with Crippen LogP contribution in [0, 0.1) is 0 Å². The number of likely N-dealkylation sites (N-methyl/N-ethyl adjacent to an activating group) is 1. The van der Waals surface area contributed by atoms with Crippen LogP contribution in [0.2, 0.25) is 0 Å². The lowest BCUT2D eigenvalue weighted by atomic mass is 10.3. The van der Waals surface area contributed by atoms with Gasteiger partial charge in [-0.25, -0.2) is 0 Å². The highest BCUT2D eigenvalue weighted by Gasteiger charge is 2.16. The largest absolute Gasteiger partial charge is 0.373 e. The normalized spacial score (nSPS) is 24.5. The number of hydrogen-bond acceptors (Lipinski definition) is 4. The molecule has 0 saturated carbocycles. The van der Waals surface area contributed by atoms with Crippen LogP contribution < -0.4 is 0 Å². The van der Waals surface area contributed by atoms with E-state index in [1.165, 1.54) is 0 Å². The Kier molecular flexibility index (Phi) is 8.01. The van der Waals surface area contributed by atoms with Gasteiger partial charge in [-0.15, -0.1) is 0 Å². The Hall–Kier alpha value is 0.230. The molecule has 0 radical (unpaired) electrons. The third-order valence-corrected chi connectivity index (χ3v) is 1.75. The second-order valence-corrected chi connectivity index (χ2v) is 2.81. The molecule has 0 aliphatic carbocycles. The number of ether oxygens (including phenoxy) is 1. The minimum atomic E-state index is 0.205. The molecule has 12 heavy (non-hydrogen) atoms. The first-order valence-corrected chi connectivity index (χ1v) is 4.76. The van der Waals surface area contributed by atoms with Gasteiger partial charge in [-0.3, -0.25) is 0 Å². The van der Waals surface area contributed by atoms with Crippen LogP contribution in [0.15, 0.2) is 0 Å². The fourth-order valence-electron chi connectivity index (χ4n) is 1.05. The zero-order valence-electron chi connectivity index (χ0n) is 8.12. The summed E-state index contributed by atoms with van der Waals surface area (Å²) in [5.41, 5.74) is 0. The van der Waals surface area contributed by atoms with Crippen molar-refractivity contribution in [1.29, 1.82) is 0 Å². The van der Waals surface area contributed by atoms with E-state index < -0.39 is 0 Å². The Morgan fingerprint density at radius 1 is 1.58 bits per heavy atom. The van der Waals surface area contributed by atoms with Gasteiger partial charge in [-0.1, -0.05) is 13.8 Å². The minimum absolute atomic E-state index is 0.205. The van der Waals surface area contributed by atoms with Crippen LogP contribution in [0.3, 0.4) is 0 Å². The summed E-state index contributed by atoms with van der Waals surface area (Å²) < 4.78 is 10.0. The molecule has 3 nitrogen and oxygen atoms in total. The van der Waals surface area contributed by atoms with Gasteiger partial charge < -0.3 is 13.8 Å². The van der Waals surface area contributed by atoms with E-state index in [0.29, 0.717) is 6.61 Å². The van der Waals surface area contributed by atoms with E-state index in [1.54, 1.807) is 0 Å². The van der Waals surface area contributed by atoms with E-state index in [4.69, 9.17) is 4.74 Å². The van der Waals surface area contributed by atoms with Gasteiger partial charge >= 0.3 is 0 Å². The van der Waals surface area contributed by atoms with Crippen LogP contribution in [-0.2, 0) is 8.92 Å². The van der Waals surface area contributed by atoms with Crippen molar-refractivity contribution < 1.29 is 8.92 Å². The fraction of sp³-hybridized carbons (Fsp3) is 1.00. The SMILES string of the molecule is CC.CN1CCOC(COS)C1. The maximum atomic E-state index is 5.37. The highest BCUT2D eigenvalue weighted by Crippen LogP contribution is 2.03. The average Bonchev–Trinajstić information content (AvgIpc) is 2.09. The minimum Gasteiger partial charge on any atom is -0.373 e. The average molecular weight is 193 g/mol. The second kappa shape index (κ2) is 7.86. The summed E-state index contributed by atoms with van der Waals surface area (Å²) >= 11 is 3.66. The predicted octanol–water partition coefficient (Wildman–Crippen LogP) is 1.20. The van der Waals surface area contributed by atoms with Gasteiger partial charge in [0.2, 0.25) is 0 Å². The summed E-state index contributed by atoms with van der Waals surface area (Å²) in [5, 5.41) is 0. The number of nitrogens with zero attached hydrogens (tertiary/aromatic N) is 1. The molecule has 1 unspecified atom stereocenters. The molecule has 1 heterocycles. The van der Waals surface area contributed by atoms with Crippen LogP contribution in [0.25, 0.3) is 0 Å². The molecule has 1 rings (SSSR count). The molecule has 0 aromatic heterocycles. The fourth-order valence-corrected chi connectivity index (χ4v) is 1.22. The van der Waals surface area contributed by atoms with Crippen molar-refractivity contribution in [1.82, 2.24) is 4.90 Å². The van der Waals surface area contributed by atoms with Gasteiger partial charge in [0, 0.05) is 13.1 Å². The standard InChI is InChI=1S/C6H13NO2S.C2H6/c1-7-2-3-8-6(4-7)5-9-10;1-2/h6,10H,2-5H2,1H3;1-2H3. The van der Waals surface area contributed by atoms with Gasteiger partial charge in [0.15, 0.2) is 0 Å². The van der Waals surface area contributed by atoms with E-state index in [9.17, 15) is 0 Å². The van der Waals surface area contributed by atoms with Crippen molar-refractivity contribution in [3.8, 4) is 0 Å². The number of hydrogen-bond donors (Lipinski definition) is 1. The van der Waals surface area contributed by atoms with Crippen molar-refractivity contribution in [2.45, 2.75) is 20.0 Å². The Labute approximate surface area is 80.6 Å². The highest BCUT2D eigenvalue weighted by molar-refractivity contribution is 7.75. The maximum absolute atomic E-state index is 5.37. The van der Waals surface area contributed by atoms with Gasteiger partial charge in [-0.05, 0) is 20.0 Å². The zero-order valence-corrected chi connectivity index (χ0v) is 9.01. The number of morpholine rings is 1. The smallest absolute Gasteiger partial charge is 0.0948 e. The van der Waals surface area contributed by atoms with Crippen LogP contribution in [0.1, 0.15) is 13.8 Å². The van der Waals surface area contributed by atoms with Crippen LogP contribution in [-0.4, -0.2) is 44.4 Å². The van der Waals surface area contributed by atoms with E-state index in [1.807, 2.05) is 13.8 Å². The molecule has 1 saturated heterocycles. The lowest BCUT2D eigenvalue weighted by Crippen LogP contribution is -2.41. The van der Waals surface area contributed by atoms with Crippen molar-refractivity contribution in [3.63, 3.8) is 0 Å². The Morgan fingerprint density at radius 2 is 2.25 bits per heavy atom. The summed E-state index contributed by atoms with van der Waals surface area (Å²) in [7, 11) is 2.08. The van der Waals surface area contributed by atoms with E-state index in [-0.39, 0.29) is 6.10 Å². The summed E-state index contributed by atoms with van der Waals surface area (Å²) in [6, 6.07) is 0. The first-order chi connectivity index (χ1) is 5.83. The van der Waals surface area contributed by atoms with Crippen LogP contribution >= 0.6 is 12.9 Å². The Balaban J connectivity index is 0.000000561. The Bertz CT molecular complexity index is 101. The van der Waals surface area contributed by atoms with E-state index >= 15 is 0 Å². The van der Waals surface area contributed by atoms with Crippen LogP contribution in [0.4, 0.5) is 0 Å². The molecule has 0 bridgehead atoms. The zero-order chi connectivity index (χ0) is 9.40. The second-order valence-electron chi connectivity index (χ2n) is 2.55. The summed E-state index contributed by atoms with van der Waals surface area (Å²) in [4.78, 5) is 2.22. The van der Waals surface area contributed by atoms with E-state index in [0.717, 1.165) is 19.7 Å². The van der Waals surface area contributed by atoms with Crippen molar-refractivity contribution in [3.05, 3.63) is 0 Å². The lowest BCUT2D eigenvalue weighted by molar-refractivity contribution is -0.0369. The van der Waals surface area contributed by atoms with Gasteiger partial charge in [-0.2, -0.15) is 0 Å². The lowest BCUT2D eigenvalue weighted by Gasteiger charge is -2.29. The Morgan fingerprint density at radius 3 is 2.75 bits per heavy atom. The molecule has 1 aliphatic rings. The highest BCUT2D eigenvalue weighted by atomic mass is 32.1.